The third-order valence-corrected chi connectivity index (χ3v) is 9.13. The molecule has 214 valence electrons. The molecule has 2 aromatic carbocycles. The number of rotatable bonds is 9. The molecule has 3 aliphatic heterocycles. The normalized spacial score (nSPS) is 29.5. The number of nitrogens with zero attached hydrogens (tertiary/aromatic N) is 1. The number of benzene rings is 2. The summed E-state index contributed by atoms with van der Waals surface area (Å²) in [5.41, 5.74) is 1.49. The van der Waals surface area contributed by atoms with Crippen LogP contribution in [0.2, 0.25) is 0 Å². The lowest BCUT2D eigenvalue weighted by Crippen LogP contribution is -2.56. The van der Waals surface area contributed by atoms with E-state index in [4.69, 9.17) is 4.74 Å². The van der Waals surface area contributed by atoms with Crippen LogP contribution >= 0.6 is 0 Å². The Labute approximate surface area is 236 Å². The number of aryl methyl sites for hydroxylation is 2. The van der Waals surface area contributed by atoms with E-state index in [2.05, 4.69) is 10.6 Å². The van der Waals surface area contributed by atoms with Crippen LogP contribution in [0, 0.1) is 31.6 Å². The molecule has 8 heteroatoms. The van der Waals surface area contributed by atoms with Gasteiger partial charge in [0, 0.05) is 12.2 Å². The third kappa shape index (κ3) is 4.61. The summed E-state index contributed by atoms with van der Waals surface area (Å²) in [4.78, 5) is 43.9. The van der Waals surface area contributed by atoms with Gasteiger partial charge in [0.25, 0.3) is 0 Å². The van der Waals surface area contributed by atoms with Crippen molar-refractivity contribution in [1.29, 1.82) is 0 Å². The van der Waals surface area contributed by atoms with Crippen molar-refractivity contribution in [2.75, 3.05) is 11.9 Å². The summed E-state index contributed by atoms with van der Waals surface area (Å²) in [5, 5.41) is 16.6. The van der Waals surface area contributed by atoms with Gasteiger partial charge in [0.05, 0.1) is 30.1 Å². The first-order chi connectivity index (χ1) is 19.0. The number of anilines is 1. The smallest absolute Gasteiger partial charge is 0.250 e. The zero-order chi connectivity index (χ0) is 28.8. The number of para-hydroxylation sites is 1. The number of hydrogen-bond acceptors (Lipinski definition) is 5. The van der Waals surface area contributed by atoms with Crippen LogP contribution in [0.5, 0.6) is 0 Å². The van der Waals surface area contributed by atoms with Gasteiger partial charge in [-0.25, -0.2) is 0 Å². The fourth-order valence-corrected chi connectivity index (χ4v) is 7.38. The van der Waals surface area contributed by atoms with Crippen molar-refractivity contribution >= 4 is 23.4 Å². The highest BCUT2D eigenvalue weighted by atomic mass is 16.5. The van der Waals surface area contributed by atoms with Crippen LogP contribution in [0.3, 0.4) is 0 Å². The summed E-state index contributed by atoms with van der Waals surface area (Å²) in [6.45, 7) is 9.87. The van der Waals surface area contributed by atoms with E-state index in [9.17, 15) is 19.5 Å². The van der Waals surface area contributed by atoms with E-state index in [1.54, 1.807) is 4.90 Å². The molecule has 5 rings (SSSR count). The minimum Gasteiger partial charge on any atom is -0.394 e. The SMILES string of the molecule is Cc1cccc(C)c1NC(=O)C1N([C@@H](CO)CC(C)C)C(=O)[C@@H]2[C@H](C(=O)NCc3ccccc3)[C@]3(C)CCC12O3. The van der Waals surface area contributed by atoms with Crippen molar-refractivity contribution in [2.24, 2.45) is 17.8 Å². The minimum atomic E-state index is -1.15. The Balaban J connectivity index is 1.52. The third-order valence-electron chi connectivity index (χ3n) is 9.13. The molecule has 2 unspecified atom stereocenters. The molecule has 3 saturated heterocycles. The average Bonchev–Trinajstić information content (AvgIpc) is 3.49. The van der Waals surface area contributed by atoms with Crippen LogP contribution in [-0.4, -0.2) is 57.6 Å². The Bertz CT molecular complexity index is 1280. The number of fused-ring (bicyclic) bond motifs is 1. The first kappa shape index (κ1) is 28.3. The minimum absolute atomic E-state index is 0.185. The highest BCUT2D eigenvalue weighted by Gasteiger charge is 2.78. The van der Waals surface area contributed by atoms with Gasteiger partial charge in [-0.3, -0.25) is 14.4 Å². The number of likely N-dealkylation sites (tertiary alicyclic amines) is 1. The molecule has 2 aromatic rings. The fraction of sp³-hybridized carbons (Fsp3) is 0.531. The van der Waals surface area contributed by atoms with Gasteiger partial charge in [0.15, 0.2) is 0 Å². The van der Waals surface area contributed by atoms with Crippen LogP contribution < -0.4 is 10.6 Å². The van der Waals surface area contributed by atoms with Crippen molar-refractivity contribution < 1.29 is 24.2 Å². The molecule has 0 saturated carbocycles. The van der Waals surface area contributed by atoms with Crippen LogP contribution in [0.4, 0.5) is 5.69 Å². The zero-order valence-electron chi connectivity index (χ0n) is 24.1. The molecule has 3 fully saturated rings. The second-order valence-electron chi connectivity index (χ2n) is 12.4. The molecule has 0 aliphatic carbocycles. The van der Waals surface area contributed by atoms with Crippen molar-refractivity contribution in [1.82, 2.24) is 10.2 Å². The number of carbonyl (C=O) groups excluding carboxylic acids is 3. The van der Waals surface area contributed by atoms with Gasteiger partial charge in [-0.1, -0.05) is 62.4 Å². The van der Waals surface area contributed by atoms with Crippen molar-refractivity contribution in [2.45, 2.75) is 83.7 Å². The van der Waals surface area contributed by atoms with E-state index < -0.39 is 35.1 Å². The van der Waals surface area contributed by atoms with Crippen LogP contribution in [-0.2, 0) is 25.7 Å². The summed E-state index contributed by atoms with van der Waals surface area (Å²) in [6.07, 6.45) is 1.58. The summed E-state index contributed by atoms with van der Waals surface area (Å²) in [7, 11) is 0. The van der Waals surface area contributed by atoms with Crippen LogP contribution in [0.1, 0.15) is 56.7 Å². The molecule has 0 aromatic heterocycles. The second-order valence-corrected chi connectivity index (χ2v) is 12.4. The van der Waals surface area contributed by atoms with E-state index in [0.717, 1.165) is 16.7 Å². The van der Waals surface area contributed by atoms with E-state index in [1.165, 1.54) is 0 Å². The Kier molecular flexibility index (Phi) is 7.52. The Morgan fingerprint density at radius 1 is 1.05 bits per heavy atom. The maximum Gasteiger partial charge on any atom is 0.250 e. The lowest BCUT2D eigenvalue weighted by molar-refractivity contribution is -0.148. The van der Waals surface area contributed by atoms with Gasteiger partial charge in [0.1, 0.15) is 11.6 Å². The molecule has 0 radical (unpaired) electrons. The van der Waals surface area contributed by atoms with Crippen molar-refractivity contribution in [3.8, 4) is 0 Å². The monoisotopic (exact) mass is 547 g/mol. The number of nitrogens with one attached hydrogen (secondary N) is 2. The molecule has 6 atom stereocenters. The summed E-state index contributed by atoms with van der Waals surface area (Å²) < 4.78 is 6.72. The maximum absolute atomic E-state index is 14.4. The molecular formula is C32H41N3O5. The largest absolute Gasteiger partial charge is 0.394 e. The standard InChI is InChI=1S/C32H41N3O5/c1-19(2)16-23(18-36)35-27(29(38)34-26-20(3)10-9-11-21(26)4)32-15-14-31(5,40-32)24(25(32)30(35)39)28(37)33-17-22-12-7-6-8-13-22/h6-13,19,23-25,27,36H,14-18H2,1-5H3,(H,33,37)(H,34,38)/t23-,24-,25+,27?,31+,32?/m1/s1. The van der Waals surface area contributed by atoms with Gasteiger partial charge in [-0.15, -0.1) is 0 Å². The highest BCUT2D eigenvalue weighted by molar-refractivity contribution is 6.04. The topological polar surface area (TPSA) is 108 Å². The van der Waals surface area contributed by atoms with Gasteiger partial charge in [0.2, 0.25) is 17.7 Å². The number of amides is 3. The molecule has 2 bridgehead atoms. The molecule has 3 amide bonds. The molecule has 40 heavy (non-hydrogen) atoms. The van der Waals surface area contributed by atoms with Gasteiger partial charge in [-0.2, -0.15) is 0 Å². The summed E-state index contributed by atoms with van der Waals surface area (Å²) in [5.74, 6) is -2.24. The zero-order valence-corrected chi connectivity index (χ0v) is 24.1. The van der Waals surface area contributed by atoms with Crippen LogP contribution in [0.25, 0.3) is 0 Å². The number of ether oxygens (including phenoxy) is 1. The van der Waals surface area contributed by atoms with Crippen molar-refractivity contribution in [3.05, 3.63) is 65.2 Å². The number of aliphatic hydroxyl groups excluding tert-OH is 1. The maximum atomic E-state index is 14.4. The molecular weight excluding hydrogens is 506 g/mol. The van der Waals surface area contributed by atoms with Crippen LogP contribution in [0.15, 0.2) is 48.5 Å². The quantitative estimate of drug-likeness (QED) is 0.444. The Morgan fingerprint density at radius 3 is 2.35 bits per heavy atom. The first-order valence-electron chi connectivity index (χ1n) is 14.3. The molecule has 3 heterocycles. The van der Waals surface area contributed by atoms with Crippen molar-refractivity contribution in [3.63, 3.8) is 0 Å². The number of carbonyl (C=O) groups is 3. The predicted octanol–water partition coefficient (Wildman–Crippen LogP) is 3.73. The Hall–Kier alpha value is -3.23. The second kappa shape index (κ2) is 10.6. The van der Waals surface area contributed by atoms with Gasteiger partial charge in [-0.05, 0) is 62.6 Å². The van der Waals surface area contributed by atoms with Gasteiger partial charge >= 0.3 is 0 Å². The number of aliphatic hydroxyl groups is 1. The van der Waals surface area contributed by atoms with Gasteiger partial charge < -0.3 is 25.4 Å². The molecule has 1 spiro atoms. The summed E-state index contributed by atoms with van der Waals surface area (Å²) >= 11 is 0. The predicted molar refractivity (Wildman–Crippen MR) is 152 cm³/mol. The lowest BCUT2D eigenvalue weighted by Gasteiger charge is -2.37. The van der Waals surface area contributed by atoms with E-state index >= 15 is 0 Å². The lowest BCUT2D eigenvalue weighted by atomic mass is 9.66. The molecule has 8 nitrogen and oxygen atoms in total. The van der Waals surface area contributed by atoms with E-state index in [1.807, 2.05) is 83.1 Å². The molecule has 3 aliphatic rings. The summed E-state index contributed by atoms with van der Waals surface area (Å²) in [6, 6.07) is 13.9. The molecule has 3 N–H and O–H groups in total. The Morgan fingerprint density at radius 2 is 1.73 bits per heavy atom. The van der Waals surface area contributed by atoms with E-state index in [-0.39, 0.29) is 30.2 Å². The van der Waals surface area contributed by atoms with E-state index in [0.29, 0.717) is 31.5 Å². The first-order valence-corrected chi connectivity index (χ1v) is 14.3. The highest BCUT2D eigenvalue weighted by Crippen LogP contribution is 2.63. The average molecular weight is 548 g/mol. The number of hydrogen-bond donors (Lipinski definition) is 3. The fourth-order valence-electron chi connectivity index (χ4n) is 7.38.